The predicted molar refractivity (Wildman–Crippen MR) is 57.1 cm³/mol. The molecule has 0 bridgehead atoms. The second-order valence-corrected chi connectivity index (χ2v) is 5.09. The first-order valence-electron chi connectivity index (χ1n) is 3.52. The van der Waals surface area contributed by atoms with E-state index in [2.05, 4.69) is 9.59 Å². The normalized spacial score (nSPS) is 10.3. The van der Waals surface area contributed by atoms with Crippen LogP contribution in [0.5, 0.6) is 0 Å². The molecule has 0 aromatic carbocycles. The summed E-state index contributed by atoms with van der Waals surface area (Å²) in [6.45, 7) is 0. The first kappa shape index (κ1) is 9.63. The van der Waals surface area contributed by atoms with Crippen molar-refractivity contribution in [2.24, 2.45) is 0 Å². The van der Waals surface area contributed by atoms with Gasteiger partial charge in [-0.2, -0.15) is 0 Å². The molecule has 0 saturated heterocycles. The molecule has 0 aliphatic rings. The number of hydrogen-bond acceptors (Lipinski definition) is 6. The van der Waals surface area contributed by atoms with E-state index in [0.29, 0.717) is 0 Å². The second kappa shape index (κ2) is 4.07. The summed E-state index contributed by atoms with van der Waals surface area (Å²) in [4.78, 5) is 10.4. The number of nitrogens with zero attached hydrogens (tertiary/aromatic N) is 2. The number of aromatic nitrogens is 2. The summed E-state index contributed by atoms with van der Waals surface area (Å²) in [5.74, 6) is 0. The van der Waals surface area contributed by atoms with Crippen LogP contribution in [0.15, 0.2) is 21.0 Å². The largest absolute Gasteiger partial charge is 0.473 e. The molecule has 2 aromatic rings. The maximum absolute atomic E-state index is 10.4. The molecule has 1 N–H and O–H groups in total. The third kappa shape index (κ3) is 2.11. The molecule has 2 heterocycles. The maximum Gasteiger partial charge on any atom is 0.370 e. The molecule has 0 aliphatic carbocycles. The van der Waals surface area contributed by atoms with Crippen molar-refractivity contribution >= 4 is 39.9 Å². The third-order valence-electron chi connectivity index (χ3n) is 1.42. The molecular formula is C7H4N2O2S3. The van der Waals surface area contributed by atoms with Gasteiger partial charge in [-0.25, -0.2) is 4.79 Å². The van der Waals surface area contributed by atoms with Crippen LogP contribution in [-0.2, 0) is 0 Å². The first-order valence-corrected chi connectivity index (χ1v) is 6.06. The summed E-state index contributed by atoms with van der Waals surface area (Å²) in [7, 11) is 0. The zero-order valence-electron chi connectivity index (χ0n) is 6.71. The van der Waals surface area contributed by atoms with Gasteiger partial charge in [0.1, 0.15) is 5.69 Å². The number of carbonyl (C=O) groups is 1. The van der Waals surface area contributed by atoms with Gasteiger partial charge in [0.15, 0.2) is 0 Å². The zero-order chi connectivity index (χ0) is 9.97. The van der Waals surface area contributed by atoms with Gasteiger partial charge in [0, 0.05) is 28.1 Å². The molecule has 0 amide bonds. The Bertz CT molecular complexity index is 437. The summed E-state index contributed by atoms with van der Waals surface area (Å²) in [5, 5.41) is 15.3. The minimum atomic E-state index is -0.894. The molecule has 0 aliphatic heterocycles. The van der Waals surface area contributed by atoms with E-state index in [4.69, 9.17) is 5.11 Å². The summed E-state index contributed by atoms with van der Waals surface area (Å²) in [5.41, 5.74) is 1.72. The van der Waals surface area contributed by atoms with Gasteiger partial charge in [-0.05, 0) is 17.6 Å². The number of hydrogen-bond donors (Lipinski definition) is 1. The van der Waals surface area contributed by atoms with Crippen molar-refractivity contribution in [3.8, 4) is 11.3 Å². The Morgan fingerprint density at radius 2 is 2.36 bits per heavy atom. The van der Waals surface area contributed by atoms with Crippen LogP contribution in [-0.4, -0.2) is 20.0 Å². The van der Waals surface area contributed by atoms with E-state index in [1.807, 2.05) is 10.8 Å². The van der Waals surface area contributed by atoms with Crippen LogP contribution < -0.4 is 0 Å². The van der Waals surface area contributed by atoms with Crippen molar-refractivity contribution in [1.82, 2.24) is 9.59 Å². The third-order valence-corrected chi connectivity index (χ3v) is 3.68. The van der Waals surface area contributed by atoms with Gasteiger partial charge in [0.2, 0.25) is 0 Å². The quantitative estimate of drug-likeness (QED) is 0.823. The molecule has 0 saturated carbocycles. The van der Waals surface area contributed by atoms with E-state index < -0.39 is 5.30 Å². The highest BCUT2D eigenvalue weighted by molar-refractivity contribution is 8.14. The average molecular weight is 244 g/mol. The van der Waals surface area contributed by atoms with Gasteiger partial charge in [-0.15, -0.1) is 16.4 Å². The van der Waals surface area contributed by atoms with Gasteiger partial charge in [-0.3, -0.25) is 0 Å². The molecule has 72 valence electrons. The predicted octanol–water partition coefficient (Wildman–Crippen LogP) is 3.04. The number of thiophene rings is 1. The number of carboxylic acid groups (broad SMARTS) is 1. The highest BCUT2D eigenvalue weighted by atomic mass is 32.2. The Balaban J connectivity index is 2.22. The Kier molecular flexibility index (Phi) is 2.80. The minimum Gasteiger partial charge on any atom is -0.473 e. The summed E-state index contributed by atoms with van der Waals surface area (Å²) in [6, 6.07) is 1.81. The summed E-state index contributed by atoms with van der Waals surface area (Å²) >= 11 is 3.48. The molecule has 7 heteroatoms. The summed E-state index contributed by atoms with van der Waals surface area (Å²) < 4.78 is 4.49. The molecule has 0 radical (unpaired) electrons. The molecule has 0 atom stereocenters. The summed E-state index contributed by atoms with van der Waals surface area (Å²) in [6.07, 6.45) is 0. The van der Waals surface area contributed by atoms with Crippen LogP contribution >= 0.6 is 34.6 Å². The molecular weight excluding hydrogens is 240 g/mol. The van der Waals surface area contributed by atoms with Gasteiger partial charge in [0.05, 0.1) is 4.21 Å². The molecule has 2 aromatic heterocycles. The van der Waals surface area contributed by atoms with Crippen molar-refractivity contribution in [3.63, 3.8) is 0 Å². The minimum absolute atomic E-state index is 0.750. The van der Waals surface area contributed by atoms with Crippen LogP contribution in [0.2, 0.25) is 0 Å². The fraction of sp³-hybridized carbons (Fsp3) is 0. The molecule has 2 rings (SSSR count). The van der Waals surface area contributed by atoms with Crippen LogP contribution in [0.25, 0.3) is 11.3 Å². The van der Waals surface area contributed by atoms with Gasteiger partial charge < -0.3 is 5.11 Å². The standard InChI is InChI=1S/C7H4N2O2S3/c10-7(11)14-6-1-4(2-12-6)5-3-13-9-8-5/h1-3H,(H,10,11). The van der Waals surface area contributed by atoms with Crippen LogP contribution in [0.1, 0.15) is 0 Å². The molecule has 0 spiro atoms. The van der Waals surface area contributed by atoms with Crippen LogP contribution in [0.4, 0.5) is 4.79 Å². The lowest BCUT2D eigenvalue weighted by Crippen LogP contribution is -1.79. The molecule has 0 fully saturated rings. The number of rotatable bonds is 2. The van der Waals surface area contributed by atoms with Gasteiger partial charge in [0.25, 0.3) is 0 Å². The Labute approximate surface area is 91.8 Å². The average Bonchev–Trinajstić information content (AvgIpc) is 2.69. The van der Waals surface area contributed by atoms with Gasteiger partial charge in [-0.1, -0.05) is 4.49 Å². The van der Waals surface area contributed by atoms with E-state index in [0.717, 1.165) is 27.2 Å². The second-order valence-electron chi connectivity index (χ2n) is 2.31. The van der Waals surface area contributed by atoms with Crippen molar-refractivity contribution in [2.75, 3.05) is 0 Å². The van der Waals surface area contributed by atoms with Crippen LogP contribution in [0, 0.1) is 0 Å². The van der Waals surface area contributed by atoms with Crippen LogP contribution in [0.3, 0.4) is 0 Å². The topological polar surface area (TPSA) is 63.1 Å². The fourth-order valence-electron chi connectivity index (χ4n) is 0.881. The van der Waals surface area contributed by atoms with Crippen molar-refractivity contribution in [3.05, 3.63) is 16.8 Å². The number of thioether (sulfide) groups is 1. The Morgan fingerprint density at radius 1 is 1.50 bits per heavy atom. The lowest BCUT2D eigenvalue weighted by atomic mass is 10.3. The van der Waals surface area contributed by atoms with Crippen molar-refractivity contribution < 1.29 is 9.90 Å². The zero-order valence-corrected chi connectivity index (χ0v) is 9.16. The lowest BCUT2D eigenvalue weighted by Gasteiger charge is -1.86. The Hall–Kier alpha value is -0.920. The maximum atomic E-state index is 10.4. The van der Waals surface area contributed by atoms with Gasteiger partial charge >= 0.3 is 5.30 Å². The molecule has 14 heavy (non-hydrogen) atoms. The van der Waals surface area contributed by atoms with E-state index >= 15 is 0 Å². The molecule has 4 nitrogen and oxygen atoms in total. The monoisotopic (exact) mass is 244 g/mol. The lowest BCUT2D eigenvalue weighted by molar-refractivity contribution is 0.222. The van der Waals surface area contributed by atoms with E-state index in [1.165, 1.54) is 22.9 Å². The molecule has 0 unspecified atom stereocenters. The van der Waals surface area contributed by atoms with Crippen molar-refractivity contribution in [1.29, 1.82) is 0 Å². The highest BCUT2D eigenvalue weighted by Gasteiger charge is 2.08. The van der Waals surface area contributed by atoms with E-state index in [-0.39, 0.29) is 0 Å². The van der Waals surface area contributed by atoms with E-state index in [9.17, 15) is 4.79 Å². The SMILES string of the molecule is O=C(O)Sc1cc(-c2csnn2)cs1. The highest BCUT2D eigenvalue weighted by Crippen LogP contribution is 2.31. The Morgan fingerprint density at radius 3 is 3.00 bits per heavy atom. The van der Waals surface area contributed by atoms with Crippen molar-refractivity contribution in [2.45, 2.75) is 4.21 Å². The van der Waals surface area contributed by atoms with E-state index in [1.54, 1.807) is 6.07 Å². The smallest absolute Gasteiger partial charge is 0.370 e. The fourth-order valence-corrected chi connectivity index (χ4v) is 2.88. The first-order chi connectivity index (χ1) is 6.75.